The maximum atomic E-state index is 11.3. The van der Waals surface area contributed by atoms with Crippen molar-refractivity contribution in [2.45, 2.75) is 38.0 Å². The van der Waals surface area contributed by atoms with Crippen LogP contribution in [0.4, 0.5) is 0 Å². The number of allylic oxidation sites excluding steroid dienone is 1. The van der Waals surface area contributed by atoms with Gasteiger partial charge < -0.3 is 4.42 Å². The molecule has 1 aromatic rings. The van der Waals surface area contributed by atoms with Gasteiger partial charge in [-0.1, -0.05) is 12.0 Å². The Morgan fingerprint density at radius 3 is 2.61 bits per heavy atom. The summed E-state index contributed by atoms with van der Waals surface area (Å²) in [6, 6.07) is 0. The van der Waals surface area contributed by atoms with Crippen LogP contribution in [0, 0.1) is 0 Å². The molecule has 3 rings (SSSR count). The van der Waals surface area contributed by atoms with Gasteiger partial charge in [0.1, 0.15) is 5.76 Å². The lowest BCUT2D eigenvalue weighted by Crippen LogP contribution is -2.17. The highest BCUT2D eigenvalue weighted by Crippen LogP contribution is 2.36. The molecule has 1 aromatic heterocycles. The third-order valence-electron chi connectivity index (χ3n) is 3.81. The Hall–Kier alpha value is -1.10. The first-order valence-electron chi connectivity index (χ1n) is 6.48. The van der Waals surface area contributed by atoms with Crippen molar-refractivity contribution in [3.05, 3.63) is 23.4 Å². The molecule has 0 unspecified atom stereocenters. The van der Waals surface area contributed by atoms with Gasteiger partial charge in [-0.3, -0.25) is 0 Å². The van der Waals surface area contributed by atoms with Crippen LogP contribution in [0.1, 0.15) is 49.7 Å². The molecule has 18 heavy (non-hydrogen) atoms. The van der Waals surface area contributed by atoms with Gasteiger partial charge in [-0.2, -0.15) is 0 Å². The van der Waals surface area contributed by atoms with E-state index in [2.05, 4.69) is 4.98 Å². The molecule has 0 amide bonds. The van der Waals surface area contributed by atoms with Crippen LogP contribution in [0.3, 0.4) is 0 Å². The van der Waals surface area contributed by atoms with Crippen molar-refractivity contribution in [1.82, 2.24) is 4.98 Å². The van der Waals surface area contributed by atoms with E-state index in [-0.39, 0.29) is 11.5 Å². The largest absolute Gasteiger partial charge is 0.441 e. The first-order valence-corrected chi connectivity index (χ1v) is 8.30. The number of aromatic nitrogens is 1. The van der Waals surface area contributed by atoms with E-state index >= 15 is 0 Å². The molecule has 0 aromatic carbocycles. The molecule has 0 bridgehead atoms. The summed E-state index contributed by atoms with van der Waals surface area (Å²) in [6.07, 6.45) is 8.59. The number of hydrogen-bond acceptors (Lipinski definition) is 4. The van der Waals surface area contributed by atoms with Gasteiger partial charge in [0.25, 0.3) is 0 Å². The molecule has 5 heteroatoms. The van der Waals surface area contributed by atoms with E-state index in [1.54, 1.807) is 6.20 Å². The molecule has 4 nitrogen and oxygen atoms in total. The quantitative estimate of drug-likeness (QED) is 0.826. The summed E-state index contributed by atoms with van der Waals surface area (Å²) >= 11 is 0. The molecule has 1 aliphatic heterocycles. The van der Waals surface area contributed by atoms with Gasteiger partial charge in [-0.25, -0.2) is 13.4 Å². The lowest BCUT2D eigenvalue weighted by molar-refractivity contribution is 0.333. The van der Waals surface area contributed by atoms with Crippen molar-refractivity contribution in [2.75, 3.05) is 11.5 Å². The van der Waals surface area contributed by atoms with Crippen LogP contribution >= 0.6 is 0 Å². The third kappa shape index (κ3) is 2.51. The maximum absolute atomic E-state index is 11.3. The number of hydrogen-bond donors (Lipinski definition) is 0. The highest BCUT2D eigenvalue weighted by Gasteiger charge is 2.24. The molecule has 98 valence electrons. The summed E-state index contributed by atoms with van der Waals surface area (Å²) in [5, 5.41) is 0. The standard InChI is InChI=1S/C13H17NO3S/c15-18(16)6-4-10(5-7-18)8-12-9-14-13(17-12)11-2-1-3-11/h8-9,11H,1-7H2. The van der Waals surface area contributed by atoms with Gasteiger partial charge in [0.2, 0.25) is 0 Å². The lowest BCUT2D eigenvalue weighted by atomic mass is 9.85. The Labute approximate surface area is 107 Å². The van der Waals surface area contributed by atoms with Crippen molar-refractivity contribution in [3.8, 4) is 0 Å². The second-order valence-corrected chi connectivity index (χ2v) is 7.49. The average Bonchev–Trinajstić information content (AvgIpc) is 2.67. The molecule has 2 aliphatic rings. The van der Waals surface area contributed by atoms with Crippen LogP contribution in [-0.2, 0) is 9.84 Å². The maximum Gasteiger partial charge on any atom is 0.197 e. The Morgan fingerprint density at radius 2 is 2.00 bits per heavy atom. The summed E-state index contributed by atoms with van der Waals surface area (Å²) in [6.45, 7) is 0. The predicted molar refractivity (Wildman–Crippen MR) is 69.0 cm³/mol. The summed E-state index contributed by atoms with van der Waals surface area (Å²) in [4.78, 5) is 4.30. The van der Waals surface area contributed by atoms with Gasteiger partial charge in [0.05, 0.1) is 17.7 Å². The molecule has 1 saturated heterocycles. The van der Waals surface area contributed by atoms with E-state index in [1.165, 1.54) is 19.3 Å². The molecule has 1 aliphatic carbocycles. The zero-order valence-electron chi connectivity index (χ0n) is 10.3. The summed E-state index contributed by atoms with van der Waals surface area (Å²) in [5.74, 6) is 2.65. The normalized spacial score (nSPS) is 23.7. The van der Waals surface area contributed by atoms with Crippen molar-refractivity contribution in [2.24, 2.45) is 0 Å². The Kier molecular flexibility index (Phi) is 3.01. The molecule has 0 spiro atoms. The van der Waals surface area contributed by atoms with E-state index < -0.39 is 9.84 Å². The van der Waals surface area contributed by atoms with E-state index in [9.17, 15) is 8.42 Å². The van der Waals surface area contributed by atoms with Gasteiger partial charge in [0.15, 0.2) is 15.7 Å². The minimum Gasteiger partial charge on any atom is -0.441 e. The average molecular weight is 267 g/mol. The van der Waals surface area contributed by atoms with E-state index in [0.717, 1.165) is 17.2 Å². The minimum atomic E-state index is -2.80. The van der Waals surface area contributed by atoms with E-state index in [4.69, 9.17) is 4.42 Å². The SMILES string of the molecule is O=S1(=O)CCC(=Cc2cnc(C3CCC3)o2)CC1. The van der Waals surface area contributed by atoms with Gasteiger partial charge in [0, 0.05) is 5.92 Å². The van der Waals surface area contributed by atoms with E-state index in [1.807, 2.05) is 6.08 Å². The zero-order valence-corrected chi connectivity index (χ0v) is 11.1. The number of rotatable bonds is 2. The van der Waals surface area contributed by atoms with Crippen LogP contribution in [0.5, 0.6) is 0 Å². The van der Waals surface area contributed by atoms with Crippen molar-refractivity contribution in [1.29, 1.82) is 0 Å². The number of oxazole rings is 1. The van der Waals surface area contributed by atoms with Crippen LogP contribution in [0.2, 0.25) is 0 Å². The lowest BCUT2D eigenvalue weighted by Gasteiger charge is -2.21. The highest BCUT2D eigenvalue weighted by atomic mass is 32.2. The predicted octanol–water partition coefficient (Wildman–Crippen LogP) is 2.53. The summed E-state index contributed by atoms with van der Waals surface area (Å²) in [7, 11) is -2.80. The van der Waals surface area contributed by atoms with Crippen LogP contribution in [-0.4, -0.2) is 24.9 Å². The summed E-state index contributed by atoms with van der Waals surface area (Å²) < 4.78 is 28.4. The summed E-state index contributed by atoms with van der Waals surface area (Å²) in [5.41, 5.74) is 1.15. The molecule has 0 radical (unpaired) electrons. The molecular formula is C13H17NO3S. The Morgan fingerprint density at radius 1 is 1.28 bits per heavy atom. The number of sulfone groups is 1. The van der Waals surface area contributed by atoms with Crippen LogP contribution in [0.15, 0.2) is 16.2 Å². The minimum absolute atomic E-state index is 0.266. The van der Waals surface area contributed by atoms with Crippen molar-refractivity contribution < 1.29 is 12.8 Å². The molecule has 1 saturated carbocycles. The van der Waals surface area contributed by atoms with Gasteiger partial charge >= 0.3 is 0 Å². The van der Waals surface area contributed by atoms with Crippen molar-refractivity contribution in [3.63, 3.8) is 0 Å². The fourth-order valence-corrected chi connectivity index (χ4v) is 3.71. The Bertz CT molecular complexity index is 551. The topological polar surface area (TPSA) is 60.2 Å². The van der Waals surface area contributed by atoms with Gasteiger partial charge in [-0.15, -0.1) is 0 Å². The molecule has 2 fully saturated rings. The van der Waals surface area contributed by atoms with Gasteiger partial charge in [-0.05, 0) is 31.8 Å². The Balaban J connectivity index is 1.70. The fourth-order valence-electron chi connectivity index (χ4n) is 2.36. The highest BCUT2D eigenvalue weighted by molar-refractivity contribution is 7.91. The third-order valence-corrected chi connectivity index (χ3v) is 5.46. The molecular weight excluding hydrogens is 250 g/mol. The first kappa shape index (κ1) is 12.0. The second-order valence-electron chi connectivity index (χ2n) is 5.18. The zero-order chi connectivity index (χ0) is 12.6. The molecule has 0 atom stereocenters. The monoisotopic (exact) mass is 267 g/mol. The van der Waals surface area contributed by atoms with Crippen LogP contribution < -0.4 is 0 Å². The molecule has 0 N–H and O–H groups in total. The number of nitrogens with zero attached hydrogens (tertiary/aromatic N) is 1. The van der Waals surface area contributed by atoms with Crippen LogP contribution in [0.25, 0.3) is 6.08 Å². The fraction of sp³-hybridized carbons (Fsp3) is 0.615. The van der Waals surface area contributed by atoms with E-state index in [0.29, 0.717) is 18.8 Å². The smallest absolute Gasteiger partial charge is 0.197 e. The molecule has 2 heterocycles. The first-order chi connectivity index (χ1) is 8.62. The van der Waals surface area contributed by atoms with Crippen molar-refractivity contribution >= 4 is 15.9 Å². The second kappa shape index (κ2) is 4.53.